The molecule has 0 radical (unpaired) electrons. The molecule has 1 aliphatic heterocycles. The number of piperazine rings is 1. The lowest BCUT2D eigenvalue weighted by Crippen LogP contribution is -2.54. The molecule has 0 amide bonds. The molecule has 1 aromatic carbocycles. The number of nitrogens with one attached hydrogen (secondary N) is 1. The Balaban J connectivity index is 2.15. The molecule has 0 spiro atoms. The Morgan fingerprint density at radius 2 is 2.18 bits per heavy atom. The van der Waals surface area contributed by atoms with E-state index in [1.807, 2.05) is 6.07 Å². The van der Waals surface area contributed by atoms with Crippen molar-refractivity contribution < 1.29 is 4.39 Å². The van der Waals surface area contributed by atoms with Gasteiger partial charge < -0.3 is 5.32 Å². The molecule has 0 aromatic heterocycles. The van der Waals surface area contributed by atoms with E-state index in [0.717, 1.165) is 18.7 Å². The van der Waals surface area contributed by atoms with Gasteiger partial charge in [-0.15, -0.1) is 0 Å². The quantitative estimate of drug-likeness (QED) is 0.849. The average molecular weight is 236 g/mol. The Hall–Kier alpha value is -0.930. The van der Waals surface area contributed by atoms with Gasteiger partial charge in [-0.05, 0) is 38.5 Å². The normalized spacial score (nSPS) is 28.0. The van der Waals surface area contributed by atoms with Gasteiger partial charge in [0.05, 0.1) is 0 Å². The van der Waals surface area contributed by atoms with Gasteiger partial charge in [-0.1, -0.05) is 12.1 Å². The second kappa shape index (κ2) is 5.15. The number of nitrogens with zero attached hydrogens (tertiary/aromatic N) is 1. The molecule has 0 aliphatic carbocycles. The number of hydrogen-bond acceptors (Lipinski definition) is 2. The Bertz CT molecular complexity index is 380. The second-order valence-corrected chi connectivity index (χ2v) is 5.09. The molecular formula is C14H21FN2. The molecule has 94 valence electrons. The highest BCUT2D eigenvalue weighted by atomic mass is 19.1. The number of rotatable bonds is 2. The Kier molecular flexibility index (Phi) is 3.79. The number of benzene rings is 1. The van der Waals surface area contributed by atoms with Crippen molar-refractivity contribution >= 4 is 0 Å². The van der Waals surface area contributed by atoms with Crippen molar-refractivity contribution in [2.75, 3.05) is 13.1 Å². The van der Waals surface area contributed by atoms with E-state index in [4.69, 9.17) is 0 Å². The second-order valence-electron chi connectivity index (χ2n) is 5.09. The summed E-state index contributed by atoms with van der Waals surface area (Å²) in [7, 11) is 0. The van der Waals surface area contributed by atoms with Crippen LogP contribution in [0.4, 0.5) is 4.39 Å². The van der Waals surface area contributed by atoms with E-state index in [1.54, 1.807) is 12.1 Å². The zero-order valence-electron chi connectivity index (χ0n) is 10.8. The summed E-state index contributed by atoms with van der Waals surface area (Å²) in [6.45, 7) is 8.58. The van der Waals surface area contributed by atoms with Crippen LogP contribution in [0.15, 0.2) is 24.3 Å². The lowest BCUT2D eigenvalue weighted by atomic mass is 10.0. The van der Waals surface area contributed by atoms with Crippen LogP contribution in [0.3, 0.4) is 0 Å². The molecule has 3 atom stereocenters. The first-order valence-electron chi connectivity index (χ1n) is 6.32. The van der Waals surface area contributed by atoms with Crippen LogP contribution in [0.1, 0.15) is 32.4 Å². The van der Waals surface area contributed by atoms with Crippen molar-refractivity contribution in [3.05, 3.63) is 35.6 Å². The van der Waals surface area contributed by atoms with Crippen LogP contribution in [0, 0.1) is 5.82 Å². The lowest BCUT2D eigenvalue weighted by Gasteiger charge is -2.41. The highest BCUT2D eigenvalue weighted by molar-refractivity contribution is 5.20. The van der Waals surface area contributed by atoms with Gasteiger partial charge in [0.2, 0.25) is 0 Å². The predicted molar refractivity (Wildman–Crippen MR) is 68.4 cm³/mol. The first-order chi connectivity index (χ1) is 8.08. The minimum atomic E-state index is -0.148. The highest BCUT2D eigenvalue weighted by Gasteiger charge is 2.27. The van der Waals surface area contributed by atoms with Gasteiger partial charge in [-0.2, -0.15) is 0 Å². The van der Waals surface area contributed by atoms with Crippen LogP contribution in [0.5, 0.6) is 0 Å². The fourth-order valence-electron chi connectivity index (χ4n) is 2.55. The highest BCUT2D eigenvalue weighted by Crippen LogP contribution is 2.24. The fourth-order valence-corrected chi connectivity index (χ4v) is 2.55. The first kappa shape index (κ1) is 12.5. The third-order valence-corrected chi connectivity index (χ3v) is 3.64. The lowest BCUT2D eigenvalue weighted by molar-refractivity contribution is 0.103. The summed E-state index contributed by atoms with van der Waals surface area (Å²) in [4.78, 5) is 2.44. The maximum absolute atomic E-state index is 13.2. The Morgan fingerprint density at radius 3 is 2.88 bits per heavy atom. The molecule has 3 heteroatoms. The zero-order chi connectivity index (χ0) is 12.4. The topological polar surface area (TPSA) is 15.3 Å². The molecule has 2 rings (SSSR count). The molecule has 2 nitrogen and oxygen atoms in total. The number of halogens is 1. The van der Waals surface area contributed by atoms with Crippen molar-refractivity contribution in [3.63, 3.8) is 0 Å². The van der Waals surface area contributed by atoms with Crippen molar-refractivity contribution in [1.82, 2.24) is 10.2 Å². The molecule has 1 aliphatic rings. The van der Waals surface area contributed by atoms with E-state index in [9.17, 15) is 4.39 Å². The van der Waals surface area contributed by atoms with Gasteiger partial charge in [-0.25, -0.2) is 4.39 Å². The van der Waals surface area contributed by atoms with Gasteiger partial charge in [0.15, 0.2) is 0 Å². The summed E-state index contributed by atoms with van der Waals surface area (Å²) in [6, 6.07) is 8.20. The van der Waals surface area contributed by atoms with Crippen molar-refractivity contribution in [3.8, 4) is 0 Å². The molecule has 1 aromatic rings. The molecule has 1 N–H and O–H groups in total. The van der Waals surface area contributed by atoms with Crippen molar-refractivity contribution in [2.45, 2.75) is 38.9 Å². The van der Waals surface area contributed by atoms with Crippen LogP contribution in [-0.2, 0) is 0 Å². The summed E-state index contributed by atoms with van der Waals surface area (Å²) >= 11 is 0. The van der Waals surface area contributed by atoms with Gasteiger partial charge in [0, 0.05) is 31.2 Å². The van der Waals surface area contributed by atoms with Gasteiger partial charge in [0.1, 0.15) is 5.82 Å². The van der Waals surface area contributed by atoms with Crippen LogP contribution >= 0.6 is 0 Å². The number of hydrogen-bond donors (Lipinski definition) is 1. The van der Waals surface area contributed by atoms with E-state index in [-0.39, 0.29) is 11.9 Å². The van der Waals surface area contributed by atoms with E-state index in [0.29, 0.717) is 12.1 Å². The van der Waals surface area contributed by atoms with E-state index >= 15 is 0 Å². The van der Waals surface area contributed by atoms with Crippen molar-refractivity contribution in [2.24, 2.45) is 0 Å². The van der Waals surface area contributed by atoms with E-state index in [2.05, 4.69) is 31.0 Å². The largest absolute Gasteiger partial charge is 0.311 e. The SMILES string of the molecule is CC1CN(C(C)c2cccc(F)c2)C(C)CN1. The monoisotopic (exact) mass is 236 g/mol. The molecule has 17 heavy (non-hydrogen) atoms. The van der Waals surface area contributed by atoms with Crippen LogP contribution in [-0.4, -0.2) is 30.1 Å². The summed E-state index contributed by atoms with van der Waals surface area (Å²) in [5.41, 5.74) is 1.06. The molecule has 3 unspecified atom stereocenters. The zero-order valence-corrected chi connectivity index (χ0v) is 10.8. The van der Waals surface area contributed by atoms with E-state index < -0.39 is 0 Å². The molecule has 0 bridgehead atoms. The minimum absolute atomic E-state index is 0.148. The van der Waals surface area contributed by atoms with Gasteiger partial charge in [-0.3, -0.25) is 4.90 Å². The molecule has 1 fully saturated rings. The minimum Gasteiger partial charge on any atom is -0.311 e. The fraction of sp³-hybridized carbons (Fsp3) is 0.571. The molecule has 1 saturated heterocycles. The first-order valence-corrected chi connectivity index (χ1v) is 6.32. The maximum Gasteiger partial charge on any atom is 0.123 e. The molecular weight excluding hydrogens is 215 g/mol. The van der Waals surface area contributed by atoms with Crippen molar-refractivity contribution in [1.29, 1.82) is 0 Å². The van der Waals surface area contributed by atoms with Gasteiger partial charge >= 0.3 is 0 Å². The third kappa shape index (κ3) is 2.85. The Labute approximate surface area is 103 Å². The summed E-state index contributed by atoms with van der Waals surface area (Å²) < 4.78 is 13.2. The summed E-state index contributed by atoms with van der Waals surface area (Å²) in [5, 5.41) is 3.46. The predicted octanol–water partition coefficient (Wildman–Crippen LogP) is 2.57. The standard InChI is InChI=1S/C14H21FN2/c1-10-9-17(11(2)8-16-10)12(3)13-5-4-6-14(15)7-13/h4-7,10-12,16H,8-9H2,1-3H3. The summed E-state index contributed by atoms with van der Waals surface area (Å²) in [5.74, 6) is -0.148. The van der Waals surface area contributed by atoms with Gasteiger partial charge in [0.25, 0.3) is 0 Å². The Morgan fingerprint density at radius 1 is 1.41 bits per heavy atom. The smallest absolute Gasteiger partial charge is 0.123 e. The molecule has 1 heterocycles. The van der Waals surface area contributed by atoms with Crippen LogP contribution in [0.25, 0.3) is 0 Å². The molecule has 0 saturated carbocycles. The average Bonchev–Trinajstić information content (AvgIpc) is 2.31. The summed E-state index contributed by atoms with van der Waals surface area (Å²) in [6.07, 6.45) is 0. The third-order valence-electron chi connectivity index (χ3n) is 3.64. The maximum atomic E-state index is 13.2. The van der Waals surface area contributed by atoms with E-state index in [1.165, 1.54) is 6.07 Å². The van der Waals surface area contributed by atoms with Crippen LogP contribution in [0.2, 0.25) is 0 Å². The van der Waals surface area contributed by atoms with Crippen LogP contribution < -0.4 is 5.32 Å².